The molecular formula is C30H39N3O3. The number of aromatic nitrogens is 2. The number of fused-ring (bicyclic) bond motifs is 1. The van der Waals surface area contributed by atoms with Gasteiger partial charge in [-0.15, -0.1) is 0 Å². The van der Waals surface area contributed by atoms with Gasteiger partial charge >= 0.3 is 5.97 Å². The first-order valence-electron chi connectivity index (χ1n) is 13.2. The van der Waals surface area contributed by atoms with Gasteiger partial charge < -0.3 is 10.2 Å². The lowest BCUT2D eigenvalue weighted by atomic mass is 9.72. The Kier molecular flexibility index (Phi) is 8.60. The van der Waals surface area contributed by atoms with Gasteiger partial charge in [0.05, 0.1) is 17.6 Å². The maximum absolute atomic E-state index is 10.8. The van der Waals surface area contributed by atoms with Crippen LogP contribution in [-0.2, 0) is 11.8 Å². The Balaban J connectivity index is 1.65. The lowest BCUT2D eigenvalue weighted by molar-refractivity contribution is -0.137. The molecule has 2 aliphatic rings. The average Bonchev–Trinajstić information content (AvgIpc) is 3.21. The molecule has 192 valence electrons. The molecular weight excluding hydrogens is 450 g/mol. The molecule has 0 amide bonds. The summed E-state index contributed by atoms with van der Waals surface area (Å²) in [5.41, 5.74) is 6.46. The number of benzene rings is 1. The number of carbonyl (C=O) groups is 1. The molecule has 0 radical (unpaired) electrons. The summed E-state index contributed by atoms with van der Waals surface area (Å²) in [4.78, 5) is 10.8. The number of rotatable bonds is 11. The molecule has 2 aliphatic carbocycles. The van der Waals surface area contributed by atoms with Gasteiger partial charge in [-0.3, -0.25) is 14.8 Å². The quantitative estimate of drug-likeness (QED) is 0.356. The molecule has 1 aromatic heterocycles. The zero-order valence-electron chi connectivity index (χ0n) is 21.7. The van der Waals surface area contributed by atoms with Crippen molar-refractivity contribution in [3.8, 4) is 0 Å². The predicted molar refractivity (Wildman–Crippen MR) is 145 cm³/mol. The van der Waals surface area contributed by atoms with Gasteiger partial charge in [0.2, 0.25) is 0 Å². The van der Waals surface area contributed by atoms with Gasteiger partial charge in [-0.05, 0) is 50.2 Å². The Labute approximate surface area is 214 Å². The van der Waals surface area contributed by atoms with E-state index in [1.54, 1.807) is 0 Å². The summed E-state index contributed by atoms with van der Waals surface area (Å²) in [5.74, 6) is -0.459. The lowest BCUT2D eigenvalue weighted by Crippen LogP contribution is -2.37. The fourth-order valence-corrected chi connectivity index (χ4v) is 5.59. The maximum Gasteiger partial charge on any atom is 0.304 e. The zero-order valence-corrected chi connectivity index (χ0v) is 21.7. The number of nitrogens with one attached hydrogen (secondary N) is 1. The van der Waals surface area contributed by atoms with Crippen LogP contribution in [0.3, 0.4) is 0 Å². The smallest absolute Gasteiger partial charge is 0.304 e. The van der Waals surface area contributed by atoms with Crippen LogP contribution in [0, 0.1) is 11.8 Å². The van der Waals surface area contributed by atoms with Gasteiger partial charge in [-0.2, -0.15) is 5.10 Å². The van der Waals surface area contributed by atoms with Crippen LogP contribution in [0.2, 0.25) is 0 Å². The van der Waals surface area contributed by atoms with Crippen LogP contribution in [0.1, 0.15) is 64.0 Å². The third-order valence-electron chi connectivity index (χ3n) is 7.56. The van der Waals surface area contributed by atoms with E-state index in [0.717, 1.165) is 43.3 Å². The molecule has 0 spiro atoms. The predicted octanol–water partition coefficient (Wildman–Crippen LogP) is 5.62. The summed E-state index contributed by atoms with van der Waals surface area (Å²) in [6.07, 6.45) is 15.3. The molecule has 36 heavy (non-hydrogen) atoms. The van der Waals surface area contributed by atoms with Crippen molar-refractivity contribution in [1.82, 2.24) is 15.1 Å². The molecule has 4 rings (SSSR count). The van der Waals surface area contributed by atoms with Crippen LogP contribution in [0.5, 0.6) is 0 Å². The first kappa shape index (κ1) is 26.1. The van der Waals surface area contributed by atoms with E-state index in [-0.39, 0.29) is 24.8 Å². The van der Waals surface area contributed by atoms with E-state index in [4.69, 9.17) is 10.2 Å². The highest BCUT2D eigenvalue weighted by Crippen LogP contribution is 2.45. The number of aliphatic carboxylic acids is 1. The number of aryl methyl sites for hydroxylation is 1. The number of allylic oxidation sites excluding steroid dienone is 7. The van der Waals surface area contributed by atoms with Gasteiger partial charge in [-0.1, -0.05) is 73.1 Å². The molecule has 4 unspecified atom stereocenters. The van der Waals surface area contributed by atoms with Crippen LogP contribution in [0.15, 0.2) is 71.4 Å². The normalized spacial score (nSPS) is 20.4. The molecule has 0 fully saturated rings. The van der Waals surface area contributed by atoms with Crippen LogP contribution in [0.25, 0.3) is 10.9 Å². The molecule has 1 heterocycles. The number of hydrogen-bond acceptors (Lipinski definition) is 4. The molecule has 2 aromatic rings. The second-order valence-corrected chi connectivity index (χ2v) is 10.2. The lowest BCUT2D eigenvalue weighted by Gasteiger charge is -2.33. The summed E-state index contributed by atoms with van der Waals surface area (Å²) in [6.45, 7) is 4.70. The fourth-order valence-electron chi connectivity index (χ4n) is 5.59. The van der Waals surface area contributed by atoms with Crippen LogP contribution >= 0.6 is 0 Å². The van der Waals surface area contributed by atoms with Gasteiger partial charge in [0.25, 0.3) is 0 Å². The van der Waals surface area contributed by atoms with Crippen molar-refractivity contribution in [1.29, 1.82) is 0 Å². The van der Waals surface area contributed by atoms with Crippen molar-refractivity contribution in [2.24, 2.45) is 18.9 Å². The first-order valence-corrected chi connectivity index (χ1v) is 13.2. The first-order chi connectivity index (χ1) is 17.4. The van der Waals surface area contributed by atoms with Gasteiger partial charge in [0.1, 0.15) is 6.23 Å². The molecule has 6 nitrogen and oxygen atoms in total. The van der Waals surface area contributed by atoms with Crippen molar-refractivity contribution in [2.75, 3.05) is 6.54 Å². The SMILES string of the molecule is CCCC(C1=CCC(C(O)NCCC(=O)O)C=C1)C(C1=CC=C(C)CC1)c1nn(C)c2ccccc12. The number of carboxylic acids is 1. The molecule has 3 N–H and O–H groups in total. The van der Waals surface area contributed by atoms with E-state index in [1.807, 2.05) is 11.7 Å². The van der Waals surface area contributed by atoms with E-state index in [1.165, 1.54) is 22.1 Å². The number of hydrogen-bond donors (Lipinski definition) is 3. The number of carboxylic acid groups (broad SMARTS) is 1. The van der Waals surface area contributed by atoms with Crippen molar-refractivity contribution in [3.05, 3.63) is 77.1 Å². The molecule has 0 bridgehead atoms. The van der Waals surface area contributed by atoms with Gasteiger partial charge in [0.15, 0.2) is 0 Å². The number of nitrogens with zero attached hydrogens (tertiary/aromatic N) is 2. The van der Waals surface area contributed by atoms with E-state index in [2.05, 4.69) is 73.8 Å². The zero-order chi connectivity index (χ0) is 25.7. The van der Waals surface area contributed by atoms with Crippen LogP contribution < -0.4 is 5.32 Å². The monoisotopic (exact) mass is 489 g/mol. The summed E-state index contributed by atoms with van der Waals surface area (Å²) >= 11 is 0. The fraction of sp³-hybridized carbons (Fsp3) is 0.467. The number of aliphatic hydroxyl groups is 1. The molecule has 1 aromatic carbocycles. The summed E-state index contributed by atoms with van der Waals surface area (Å²) in [7, 11) is 2.03. The average molecular weight is 490 g/mol. The molecule has 4 atom stereocenters. The van der Waals surface area contributed by atoms with Crippen molar-refractivity contribution < 1.29 is 15.0 Å². The van der Waals surface area contributed by atoms with Crippen molar-refractivity contribution >= 4 is 16.9 Å². The van der Waals surface area contributed by atoms with E-state index >= 15 is 0 Å². The molecule has 0 saturated carbocycles. The second-order valence-electron chi connectivity index (χ2n) is 10.2. The third kappa shape index (κ3) is 5.88. The van der Waals surface area contributed by atoms with E-state index in [0.29, 0.717) is 5.92 Å². The van der Waals surface area contributed by atoms with E-state index < -0.39 is 12.2 Å². The maximum atomic E-state index is 10.8. The van der Waals surface area contributed by atoms with E-state index in [9.17, 15) is 9.90 Å². The Morgan fingerprint density at radius 3 is 2.72 bits per heavy atom. The molecule has 0 aliphatic heterocycles. The largest absolute Gasteiger partial charge is 0.481 e. The van der Waals surface area contributed by atoms with Gasteiger partial charge in [0, 0.05) is 30.8 Å². The van der Waals surface area contributed by atoms with Gasteiger partial charge in [-0.25, -0.2) is 0 Å². The highest BCUT2D eigenvalue weighted by Gasteiger charge is 2.33. The number of para-hydroxylation sites is 1. The minimum atomic E-state index is -0.867. The minimum absolute atomic E-state index is 0.00407. The van der Waals surface area contributed by atoms with Crippen molar-refractivity contribution in [3.63, 3.8) is 0 Å². The Morgan fingerprint density at radius 2 is 2.06 bits per heavy atom. The Morgan fingerprint density at radius 1 is 1.25 bits per heavy atom. The van der Waals surface area contributed by atoms with Crippen molar-refractivity contribution in [2.45, 2.75) is 64.5 Å². The molecule has 0 saturated heterocycles. The highest BCUT2D eigenvalue weighted by molar-refractivity contribution is 5.83. The standard InChI is InChI=1S/C30H39N3O3/c1-4-7-24(21-14-16-23(17-15-21)30(36)31-19-18-27(34)35)28(22-12-10-20(2)11-13-22)29-25-8-5-6-9-26(25)33(3)32-29/h5-6,8-10,12,14-16,23-24,28,30-31,36H,4,7,11,13,17-19H2,1-3H3,(H,34,35). The topological polar surface area (TPSA) is 87.4 Å². The Hall–Kier alpha value is -2.96. The summed E-state index contributed by atoms with van der Waals surface area (Å²) in [6, 6.07) is 8.50. The highest BCUT2D eigenvalue weighted by atomic mass is 16.4. The second kappa shape index (κ2) is 11.8. The minimum Gasteiger partial charge on any atom is -0.481 e. The summed E-state index contributed by atoms with van der Waals surface area (Å²) in [5, 5.41) is 28.6. The van der Waals surface area contributed by atoms with Crippen LogP contribution in [0.4, 0.5) is 0 Å². The molecule has 6 heteroatoms. The van der Waals surface area contributed by atoms with Crippen LogP contribution in [-0.4, -0.2) is 38.7 Å². The Bertz CT molecular complexity index is 1200. The third-order valence-corrected chi connectivity index (χ3v) is 7.56. The summed E-state index contributed by atoms with van der Waals surface area (Å²) < 4.78 is 2.01. The number of aliphatic hydroxyl groups excluding tert-OH is 1.